The topological polar surface area (TPSA) is 307 Å². The average molecular weight is 966 g/mol. The van der Waals surface area contributed by atoms with Gasteiger partial charge in [0.2, 0.25) is 5.91 Å². The molecule has 3 rings (SSSR count). The highest BCUT2D eigenvalue weighted by Crippen LogP contribution is 2.33. The molecule has 67 heavy (non-hydrogen) atoms. The molecule has 392 valence electrons. The van der Waals surface area contributed by atoms with Gasteiger partial charge in [0.1, 0.15) is 73.2 Å². The summed E-state index contributed by atoms with van der Waals surface area (Å²) >= 11 is 0. The second-order valence-corrected chi connectivity index (χ2v) is 18.3. The van der Waals surface area contributed by atoms with E-state index in [2.05, 4.69) is 24.4 Å². The highest BCUT2D eigenvalue weighted by molar-refractivity contribution is 5.76. The molecule has 0 saturated carbocycles. The summed E-state index contributed by atoms with van der Waals surface area (Å²) in [7, 11) is 0. The minimum absolute atomic E-state index is 0.221. The first kappa shape index (κ1) is 59.6. The number of carbonyl (C=O) groups is 1. The van der Waals surface area contributed by atoms with E-state index in [1.54, 1.807) is 6.08 Å². The van der Waals surface area contributed by atoms with Crippen LogP contribution in [-0.2, 0) is 33.2 Å². The summed E-state index contributed by atoms with van der Waals surface area (Å²) < 4.78 is 33.9. The molecule has 0 aromatic heterocycles. The summed E-state index contributed by atoms with van der Waals surface area (Å²) in [6.07, 6.45) is 3.07. The maximum Gasteiger partial charge on any atom is 0.220 e. The van der Waals surface area contributed by atoms with Gasteiger partial charge in [-0.25, -0.2) is 0 Å². The molecule has 17 unspecified atom stereocenters. The minimum Gasteiger partial charge on any atom is -0.394 e. The predicted molar refractivity (Wildman–Crippen MR) is 245 cm³/mol. The van der Waals surface area contributed by atoms with Crippen LogP contribution >= 0.6 is 0 Å². The largest absolute Gasteiger partial charge is 0.394 e. The molecule has 0 aromatic rings. The zero-order valence-corrected chi connectivity index (χ0v) is 39.9. The number of aliphatic hydroxyl groups is 11. The molecule has 0 aromatic carbocycles. The lowest BCUT2D eigenvalue weighted by molar-refractivity contribution is -0.379. The Balaban J connectivity index is 1.49. The third-order valence-electron chi connectivity index (χ3n) is 12.8. The van der Waals surface area contributed by atoms with Crippen molar-refractivity contribution in [2.45, 2.75) is 247 Å². The van der Waals surface area contributed by atoms with Crippen LogP contribution in [0.4, 0.5) is 0 Å². The van der Waals surface area contributed by atoms with Crippen molar-refractivity contribution in [3.8, 4) is 0 Å². The van der Waals surface area contributed by atoms with E-state index in [1.165, 1.54) is 77.0 Å². The van der Waals surface area contributed by atoms with Crippen molar-refractivity contribution in [3.05, 3.63) is 24.3 Å². The van der Waals surface area contributed by atoms with Gasteiger partial charge in [-0.2, -0.15) is 0 Å². The molecule has 3 aliphatic rings. The van der Waals surface area contributed by atoms with E-state index < -0.39 is 124 Å². The minimum atomic E-state index is -1.98. The Hall–Kier alpha value is -1.73. The van der Waals surface area contributed by atoms with Crippen molar-refractivity contribution >= 4 is 5.91 Å². The summed E-state index contributed by atoms with van der Waals surface area (Å²) in [6.45, 7) is 1.47. The second-order valence-electron chi connectivity index (χ2n) is 18.3. The van der Waals surface area contributed by atoms with Gasteiger partial charge < -0.3 is 89.9 Å². The lowest BCUT2D eigenvalue weighted by Crippen LogP contribution is -2.66. The van der Waals surface area contributed by atoms with Gasteiger partial charge in [-0.05, 0) is 32.1 Å². The molecule has 3 aliphatic heterocycles. The monoisotopic (exact) mass is 966 g/mol. The Labute approximate surface area is 397 Å². The Bertz CT molecular complexity index is 1340. The smallest absolute Gasteiger partial charge is 0.220 e. The molecule has 19 heteroatoms. The molecule has 12 N–H and O–H groups in total. The van der Waals surface area contributed by atoms with Gasteiger partial charge in [-0.3, -0.25) is 4.79 Å². The van der Waals surface area contributed by atoms with E-state index in [-0.39, 0.29) is 18.9 Å². The first-order valence-corrected chi connectivity index (χ1v) is 25.1. The zero-order valence-electron chi connectivity index (χ0n) is 39.9. The standard InChI is InChI=1S/C48H87NO18/c1-3-5-7-8-9-10-11-12-13-14-15-16-17-18-19-20-21-22-24-25-32(53)31(49-36(54)26-23-6-4-2)30-62-46-42(60)39(57)44(34(28-51)64-46)67-48-43(61)40(58)45(35(29-52)65-48)66-47-41(59)38(56)37(55)33(27-50)63-47/h19-20,24-25,31-35,37-48,50-53,55-61H,3-18,21-23,26-30H2,1-2H3,(H,49,54)/b20-19+,25-24+. The van der Waals surface area contributed by atoms with E-state index in [0.29, 0.717) is 12.8 Å². The van der Waals surface area contributed by atoms with Gasteiger partial charge in [-0.1, -0.05) is 128 Å². The van der Waals surface area contributed by atoms with Crippen molar-refractivity contribution in [2.24, 2.45) is 0 Å². The quantitative estimate of drug-likeness (QED) is 0.0319. The summed E-state index contributed by atoms with van der Waals surface area (Å²) in [5.41, 5.74) is 0. The number of nitrogens with one attached hydrogen (secondary N) is 1. The molecule has 3 fully saturated rings. The van der Waals surface area contributed by atoms with E-state index in [4.69, 9.17) is 28.4 Å². The van der Waals surface area contributed by atoms with Crippen LogP contribution in [0.2, 0.25) is 0 Å². The molecule has 17 atom stereocenters. The maximum absolute atomic E-state index is 12.9. The zero-order chi connectivity index (χ0) is 49.1. The highest BCUT2D eigenvalue weighted by Gasteiger charge is 2.53. The van der Waals surface area contributed by atoms with Crippen LogP contribution in [0.1, 0.15) is 142 Å². The van der Waals surface area contributed by atoms with Crippen molar-refractivity contribution in [2.75, 3.05) is 26.4 Å². The number of hydrogen-bond acceptors (Lipinski definition) is 18. The Morgan fingerprint density at radius 1 is 0.522 bits per heavy atom. The molecule has 1 amide bonds. The Morgan fingerprint density at radius 3 is 1.49 bits per heavy atom. The van der Waals surface area contributed by atoms with Gasteiger partial charge in [0.25, 0.3) is 0 Å². The van der Waals surface area contributed by atoms with Crippen LogP contribution in [0.25, 0.3) is 0 Å². The fraction of sp³-hybridized carbons (Fsp3) is 0.896. The predicted octanol–water partition coefficient (Wildman–Crippen LogP) is 1.25. The summed E-state index contributed by atoms with van der Waals surface area (Å²) in [6, 6.07) is -0.980. The van der Waals surface area contributed by atoms with Crippen LogP contribution in [0, 0.1) is 0 Å². The number of aliphatic hydroxyl groups excluding tert-OH is 11. The SMILES string of the molecule is CCCCCCCCCCCCCCC/C=C/CC/C=C/C(O)C(COC1OC(CO)C(OC2OC(CO)C(OC3OC(CO)C(O)C(O)C3O)C(O)C2O)C(O)C1O)NC(=O)CCCCC. The number of amides is 1. The Morgan fingerprint density at radius 2 is 0.955 bits per heavy atom. The highest BCUT2D eigenvalue weighted by atomic mass is 16.8. The molecule has 0 spiro atoms. The van der Waals surface area contributed by atoms with Crippen LogP contribution in [-0.4, -0.2) is 193 Å². The normalized spacial score (nSPS) is 33.7. The fourth-order valence-corrected chi connectivity index (χ4v) is 8.50. The summed E-state index contributed by atoms with van der Waals surface area (Å²) in [5.74, 6) is -0.312. The summed E-state index contributed by atoms with van der Waals surface area (Å²) in [5, 5.41) is 119. The molecule has 3 saturated heterocycles. The third-order valence-corrected chi connectivity index (χ3v) is 12.8. The maximum atomic E-state index is 12.9. The van der Waals surface area contributed by atoms with Crippen LogP contribution in [0.5, 0.6) is 0 Å². The van der Waals surface area contributed by atoms with Crippen LogP contribution in [0.15, 0.2) is 24.3 Å². The van der Waals surface area contributed by atoms with Gasteiger partial charge in [0, 0.05) is 6.42 Å². The third kappa shape index (κ3) is 20.1. The molecule has 0 aliphatic carbocycles. The van der Waals surface area contributed by atoms with Crippen molar-refractivity contribution in [1.82, 2.24) is 5.32 Å². The number of allylic oxidation sites excluding steroid dienone is 3. The van der Waals surface area contributed by atoms with E-state index in [0.717, 1.165) is 32.1 Å². The molecular formula is C48H87NO18. The number of hydrogen-bond donors (Lipinski definition) is 12. The number of rotatable bonds is 34. The van der Waals surface area contributed by atoms with Crippen molar-refractivity contribution < 1.29 is 89.4 Å². The molecule has 0 bridgehead atoms. The van der Waals surface area contributed by atoms with Crippen LogP contribution < -0.4 is 5.32 Å². The molecule has 19 nitrogen and oxygen atoms in total. The number of ether oxygens (including phenoxy) is 6. The van der Waals surface area contributed by atoms with Gasteiger partial charge in [0.15, 0.2) is 18.9 Å². The van der Waals surface area contributed by atoms with Crippen molar-refractivity contribution in [1.29, 1.82) is 0 Å². The van der Waals surface area contributed by atoms with Gasteiger partial charge in [0.05, 0.1) is 38.6 Å². The number of unbranched alkanes of at least 4 members (excludes halogenated alkanes) is 16. The lowest BCUT2D eigenvalue weighted by Gasteiger charge is -2.48. The van der Waals surface area contributed by atoms with Crippen LogP contribution in [0.3, 0.4) is 0 Å². The molecular weight excluding hydrogens is 879 g/mol. The van der Waals surface area contributed by atoms with E-state index in [9.17, 15) is 61.0 Å². The van der Waals surface area contributed by atoms with E-state index in [1.807, 2.05) is 13.0 Å². The lowest BCUT2D eigenvalue weighted by atomic mass is 9.96. The summed E-state index contributed by atoms with van der Waals surface area (Å²) in [4.78, 5) is 12.9. The average Bonchev–Trinajstić information content (AvgIpc) is 3.32. The Kier molecular flexibility index (Phi) is 30.0. The fourth-order valence-electron chi connectivity index (χ4n) is 8.50. The van der Waals surface area contributed by atoms with Gasteiger partial charge >= 0.3 is 0 Å². The molecule has 3 heterocycles. The first-order chi connectivity index (χ1) is 32.3. The second kappa shape index (κ2) is 33.8. The van der Waals surface area contributed by atoms with Gasteiger partial charge in [-0.15, -0.1) is 0 Å². The first-order valence-electron chi connectivity index (χ1n) is 25.1. The number of carbonyl (C=O) groups excluding carboxylic acids is 1. The van der Waals surface area contributed by atoms with E-state index >= 15 is 0 Å². The molecule has 0 radical (unpaired) electrons. The van der Waals surface area contributed by atoms with Crippen molar-refractivity contribution in [3.63, 3.8) is 0 Å².